The van der Waals surface area contributed by atoms with E-state index in [1.165, 1.54) is 16.3 Å². The molecule has 0 aromatic heterocycles. The van der Waals surface area contributed by atoms with Crippen molar-refractivity contribution < 1.29 is 9.53 Å². The molecule has 0 aliphatic carbocycles. The zero-order chi connectivity index (χ0) is 14.3. The molecule has 1 rings (SSSR count). The summed E-state index contributed by atoms with van der Waals surface area (Å²) < 4.78 is 7.05. The van der Waals surface area contributed by atoms with E-state index >= 15 is 0 Å². The number of carbonyl (C=O) groups excluding carboxylic acids is 1. The highest BCUT2D eigenvalue weighted by Crippen LogP contribution is 2.28. The average molecular weight is 304 g/mol. The number of halogens is 1. The van der Waals surface area contributed by atoms with Crippen LogP contribution in [-0.4, -0.2) is 36.8 Å². The number of nitrogens with zero attached hydrogens (tertiary/aromatic N) is 1. The first kappa shape index (κ1) is 15.9. The number of ether oxygens (including phenoxy) is 1. The van der Waals surface area contributed by atoms with Gasteiger partial charge in [-0.2, -0.15) is 0 Å². The van der Waals surface area contributed by atoms with Gasteiger partial charge in [0.05, 0.1) is 12.3 Å². The Bertz CT molecular complexity index is 431. The summed E-state index contributed by atoms with van der Waals surface area (Å²) in [7, 11) is 1.69. The third-order valence-electron chi connectivity index (χ3n) is 2.35. The second-order valence-corrected chi connectivity index (χ2v) is 5.09. The SMILES string of the molecule is CSN(C)C(=O)Nc1ccc(Cl)cc1OCCCN. The van der Waals surface area contributed by atoms with Crippen LogP contribution in [-0.2, 0) is 0 Å². The number of benzene rings is 1. The molecule has 0 radical (unpaired) electrons. The van der Waals surface area contributed by atoms with Gasteiger partial charge in [-0.05, 0) is 37.0 Å². The average Bonchev–Trinajstić information content (AvgIpc) is 2.40. The van der Waals surface area contributed by atoms with Crippen LogP contribution in [0.2, 0.25) is 5.02 Å². The molecule has 0 saturated heterocycles. The molecule has 19 heavy (non-hydrogen) atoms. The molecule has 0 bridgehead atoms. The van der Waals surface area contributed by atoms with Gasteiger partial charge in [0.2, 0.25) is 0 Å². The van der Waals surface area contributed by atoms with Gasteiger partial charge in [0.25, 0.3) is 0 Å². The number of nitrogens with one attached hydrogen (secondary N) is 1. The largest absolute Gasteiger partial charge is 0.491 e. The molecule has 7 heteroatoms. The number of nitrogens with two attached hydrogens (primary N) is 1. The van der Waals surface area contributed by atoms with Gasteiger partial charge < -0.3 is 15.8 Å². The molecule has 3 N–H and O–H groups in total. The van der Waals surface area contributed by atoms with E-state index in [0.717, 1.165) is 6.42 Å². The number of amides is 2. The molecule has 1 aromatic carbocycles. The minimum absolute atomic E-state index is 0.224. The number of hydrogen-bond acceptors (Lipinski definition) is 4. The van der Waals surface area contributed by atoms with Crippen LogP contribution in [0.4, 0.5) is 10.5 Å². The molecule has 0 fully saturated rings. The third-order valence-corrected chi connectivity index (χ3v) is 3.30. The predicted octanol–water partition coefficient (Wildman–Crippen LogP) is 2.81. The lowest BCUT2D eigenvalue weighted by Crippen LogP contribution is -2.25. The van der Waals surface area contributed by atoms with E-state index in [0.29, 0.717) is 29.6 Å². The van der Waals surface area contributed by atoms with Crippen molar-refractivity contribution in [3.8, 4) is 5.75 Å². The monoisotopic (exact) mass is 303 g/mol. The van der Waals surface area contributed by atoms with Crippen LogP contribution in [0.25, 0.3) is 0 Å². The predicted molar refractivity (Wildman–Crippen MR) is 80.9 cm³/mol. The Morgan fingerprint density at radius 1 is 1.58 bits per heavy atom. The number of rotatable bonds is 6. The summed E-state index contributed by atoms with van der Waals surface area (Å²) in [5, 5.41) is 3.32. The molecular formula is C12H18ClN3O2S. The Hall–Kier alpha value is -1.11. The van der Waals surface area contributed by atoms with Crippen LogP contribution in [0.15, 0.2) is 18.2 Å². The van der Waals surface area contributed by atoms with Crippen molar-refractivity contribution in [1.29, 1.82) is 0 Å². The third kappa shape index (κ3) is 5.18. The molecule has 0 saturated carbocycles. The zero-order valence-electron chi connectivity index (χ0n) is 11.0. The Morgan fingerprint density at radius 2 is 2.32 bits per heavy atom. The summed E-state index contributed by atoms with van der Waals surface area (Å²) in [5.74, 6) is 0.545. The summed E-state index contributed by atoms with van der Waals surface area (Å²) in [4.78, 5) is 11.8. The summed E-state index contributed by atoms with van der Waals surface area (Å²) in [6, 6.07) is 4.86. The topological polar surface area (TPSA) is 67.6 Å². The van der Waals surface area contributed by atoms with Crippen LogP contribution < -0.4 is 15.8 Å². The van der Waals surface area contributed by atoms with E-state index in [4.69, 9.17) is 22.1 Å². The Kier molecular flexibility index (Phi) is 6.83. The molecule has 0 aliphatic rings. The number of hydrogen-bond donors (Lipinski definition) is 2. The van der Waals surface area contributed by atoms with Crippen LogP contribution >= 0.6 is 23.5 Å². The fourth-order valence-corrected chi connectivity index (χ4v) is 1.63. The van der Waals surface area contributed by atoms with Crippen molar-refractivity contribution in [2.75, 3.05) is 31.8 Å². The van der Waals surface area contributed by atoms with Gasteiger partial charge in [-0.15, -0.1) is 0 Å². The Labute approximate surface area is 122 Å². The highest BCUT2D eigenvalue weighted by molar-refractivity contribution is 7.96. The highest BCUT2D eigenvalue weighted by Gasteiger charge is 2.11. The molecule has 5 nitrogen and oxygen atoms in total. The summed E-state index contributed by atoms with van der Waals surface area (Å²) in [6.45, 7) is 1.04. The minimum Gasteiger partial charge on any atom is -0.491 e. The van der Waals surface area contributed by atoms with Crippen LogP contribution in [0.3, 0.4) is 0 Å². The Morgan fingerprint density at radius 3 is 2.95 bits per heavy atom. The lowest BCUT2D eigenvalue weighted by Gasteiger charge is -2.17. The van der Waals surface area contributed by atoms with Crippen LogP contribution in [0, 0.1) is 0 Å². The lowest BCUT2D eigenvalue weighted by molar-refractivity contribution is 0.242. The van der Waals surface area contributed by atoms with Crippen molar-refractivity contribution in [2.45, 2.75) is 6.42 Å². The van der Waals surface area contributed by atoms with Gasteiger partial charge >= 0.3 is 6.03 Å². The molecule has 106 valence electrons. The standard InChI is InChI=1S/C12H18ClN3O2S/c1-16(19-2)12(17)15-10-5-4-9(13)8-11(10)18-7-3-6-14/h4-5,8H,3,6-7,14H2,1-2H3,(H,15,17). The molecule has 1 aromatic rings. The first-order valence-electron chi connectivity index (χ1n) is 5.79. The molecule has 0 atom stereocenters. The molecule has 0 aliphatic heterocycles. The van der Waals surface area contributed by atoms with Crippen molar-refractivity contribution in [1.82, 2.24) is 4.31 Å². The smallest absolute Gasteiger partial charge is 0.331 e. The molecular weight excluding hydrogens is 286 g/mol. The van der Waals surface area contributed by atoms with Gasteiger partial charge in [-0.3, -0.25) is 4.31 Å². The maximum Gasteiger partial charge on any atom is 0.331 e. The summed E-state index contributed by atoms with van der Waals surface area (Å²) in [6.07, 6.45) is 2.56. The lowest BCUT2D eigenvalue weighted by atomic mass is 10.3. The second kappa shape index (κ2) is 8.14. The fourth-order valence-electron chi connectivity index (χ4n) is 1.26. The molecule has 0 heterocycles. The molecule has 0 spiro atoms. The van der Waals surface area contributed by atoms with Crippen molar-refractivity contribution in [2.24, 2.45) is 5.73 Å². The quantitative estimate of drug-likeness (QED) is 0.626. The van der Waals surface area contributed by atoms with Crippen molar-refractivity contribution in [3.05, 3.63) is 23.2 Å². The maximum atomic E-state index is 11.8. The van der Waals surface area contributed by atoms with Crippen LogP contribution in [0.5, 0.6) is 5.75 Å². The minimum atomic E-state index is -0.224. The summed E-state index contributed by atoms with van der Waals surface area (Å²) in [5.41, 5.74) is 6.00. The normalized spacial score (nSPS) is 10.1. The number of urea groups is 1. The first-order valence-corrected chi connectivity index (χ1v) is 7.35. The van der Waals surface area contributed by atoms with E-state index in [1.54, 1.807) is 25.2 Å². The first-order chi connectivity index (χ1) is 9.08. The fraction of sp³-hybridized carbons (Fsp3) is 0.417. The van der Waals surface area contributed by atoms with E-state index < -0.39 is 0 Å². The molecule has 2 amide bonds. The van der Waals surface area contributed by atoms with Gasteiger partial charge in [0.15, 0.2) is 0 Å². The van der Waals surface area contributed by atoms with Gasteiger partial charge in [0, 0.05) is 24.4 Å². The van der Waals surface area contributed by atoms with Crippen molar-refractivity contribution in [3.63, 3.8) is 0 Å². The highest BCUT2D eigenvalue weighted by atomic mass is 35.5. The number of carbonyl (C=O) groups is 1. The number of anilines is 1. The van der Waals surface area contributed by atoms with E-state index in [9.17, 15) is 4.79 Å². The second-order valence-electron chi connectivity index (χ2n) is 3.74. The van der Waals surface area contributed by atoms with E-state index in [-0.39, 0.29) is 6.03 Å². The Balaban J connectivity index is 2.78. The van der Waals surface area contributed by atoms with Crippen LogP contribution in [0.1, 0.15) is 6.42 Å². The maximum absolute atomic E-state index is 11.8. The van der Waals surface area contributed by atoms with Gasteiger partial charge in [-0.25, -0.2) is 4.79 Å². The van der Waals surface area contributed by atoms with Crippen molar-refractivity contribution >= 4 is 35.3 Å². The van der Waals surface area contributed by atoms with Gasteiger partial charge in [0.1, 0.15) is 5.75 Å². The summed E-state index contributed by atoms with van der Waals surface area (Å²) >= 11 is 7.24. The van der Waals surface area contributed by atoms with E-state index in [1.807, 2.05) is 6.26 Å². The van der Waals surface area contributed by atoms with Gasteiger partial charge in [-0.1, -0.05) is 11.6 Å². The zero-order valence-corrected chi connectivity index (χ0v) is 12.6. The molecule has 0 unspecified atom stereocenters. The van der Waals surface area contributed by atoms with E-state index in [2.05, 4.69) is 5.32 Å².